The molecule has 0 bridgehead atoms. The molecule has 1 aliphatic carbocycles. The predicted octanol–water partition coefficient (Wildman–Crippen LogP) is 14.7. The fourth-order valence-corrected chi connectivity index (χ4v) is 9.97. The van der Waals surface area contributed by atoms with Crippen LogP contribution in [0.15, 0.2) is 96.1 Å². The van der Waals surface area contributed by atoms with Crippen LogP contribution in [0.25, 0.3) is 11.1 Å². The van der Waals surface area contributed by atoms with Gasteiger partial charge >= 0.3 is 0 Å². The molecule has 5 aromatic carbocycles. The second kappa shape index (κ2) is 13.7. The number of hydrogen-bond donors (Lipinski definition) is 0. The van der Waals surface area contributed by atoms with Crippen LogP contribution in [-0.4, -0.2) is 10.9 Å². The summed E-state index contributed by atoms with van der Waals surface area (Å²) < 4.78 is 14.2. The summed E-state index contributed by atoms with van der Waals surface area (Å²) in [7, 11) is 0. The fourth-order valence-electron chi connectivity index (χ4n) is 9.97. The van der Waals surface area contributed by atoms with Crippen molar-refractivity contribution >= 4 is 23.1 Å². The first-order valence-corrected chi connectivity index (χ1v) is 21.6. The molecule has 6 aromatic rings. The van der Waals surface area contributed by atoms with E-state index < -0.39 is 5.60 Å². The molecule has 0 unspecified atom stereocenters. The van der Waals surface area contributed by atoms with E-state index in [0.29, 0.717) is 5.90 Å². The molecule has 9 rings (SSSR count). The third kappa shape index (κ3) is 6.02. The molecular weight excluding hydrogens is 735 g/mol. The molecule has 2 aliphatic heterocycles. The first-order chi connectivity index (χ1) is 28.3. The molecule has 0 radical (unpaired) electrons. The minimum absolute atomic E-state index is 0.0254. The highest BCUT2D eigenvalue weighted by atomic mass is 16.5. The number of fused-ring (bicyclic) bond motifs is 8. The number of pyridine rings is 1. The Balaban J connectivity index is 1.15. The zero-order valence-corrected chi connectivity index (χ0v) is 38.0. The summed E-state index contributed by atoms with van der Waals surface area (Å²) in [5, 5.41) is 0. The van der Waals surface area contributed by atoms with Crippen molar-refractivity contribution in [3.8, 4) is 22.6 Å². The Morgan fingerprint density at radius 1 is 0.683 bits per heavy atom. The van der Waals surface area contributed by atoms with Crippen LogP contribution < -0.4 is 9.64 Å². The van der Waals surface area contributed by atoms with Gasteiger partial charge in [0.25, 0.3) is 0 Å². The molecule has 2 atom stereocenters. The molecule has 1 aromatic heterocycles. The minimum atomic E-state index is -0.673. The van der Waals surface area contributed by atoms with Crippen molar-refractivity contribution in [1.82, 2.24) is 4.98 Å². The third-order valence-electron chi connectivity index (χ3n) is 14.1. The van der Waals surface area contributed by atoms with E-state index in [-0.39, 0.29) is 22.8 Å². The van der Waals surface area contributed by atoms with Crippen molar-refractivity contribution in [2.75, 3.05) is 4.90 Å². The average Bonchev–Trinajstić information content (AvgIpc) is 3.58. The topological polar surface area (TPSA) is 47.0 Å². The Labute approximate surface area is 357 Å². The van der Waals surface area contributed by atoms with Crippen molar-refractivity contribution in [1.29, 1.82) is 0 Å². The lowest BCUT2D eigenvalue weighted by molar-refractivity contribution is 0.0725. The zero-order chi connectivity index (χ0) is 42.8. The van der Waals surface area contributed by atoms with Gasteiger partial charge in [0.2, 0.25) is 5.90 Å². The number of rotatable bonds is 5. The van der Waals surface area contributed by atoms with E-state index in [1.54, 1.807) is 0 Å². The molecule has 3 aliphatic rings. The van der Waals surface area contributed by atoms with E-state index >= 15 is 0 Å². The van der Waals surface area contributed by atoms with Gasteiger partial charge in [0.05, 0.1) is 11.4 Å². The number of para-hydroxylation sites is 1. The highest BCUT2D eigenvalue weighted by Gasteiger charge is 2.51. The van der Waals surface area contributed by atoms with Crippen molar-refractivity contribution in [2.45, 2.75) is 125 Å². The highest BCUT2D eigenvalue weighted by Crippen LogP contribution is 2.58. The number of aromatic nitrogens is 1. The molecule has 5 heteroatoms. The summed E-state index contributed by atoms with van der Waals surface area (Å²) in [5.74, 6) is 3.31. The second-order valence-corrected chi connectivity index (χ2v) is 19.7. The summed E-state index contributed by atoms with van der Waals surface area (Å²) in [6.07, 6.45) is 1.94. The van der Waals surface area contributed by atoms with Crippen molar-refractivity contribution < 1.29 is 9.47 Å². The summed E-state index contributed by atoms with van der Waals surface area (Å²) >= 11 is 0. The van der Waals surface area contributed by atoms with Gasteiger partial charge in [-0.15, -0.1) is 0 Å². The monoisotopic (exact) mass is 793 g/mol. The lowest BCUT2D eigenvalue weighted by Crippen LogP contribution is -2.34. The van der Waals surface area contributed by atoms with E-state index in [4.69, 9.17) is 19.5 Å². The average molecular weight is 794 g/mol. The van der Waals surface area contributed by atoms with Crippen LogP contribution in [0, 0.1) is 41.5 Å². The molecule has 5 nitrogen and oxygen atoms in total. The SMILES string of the molecule is Cc1cc2c(c(C)c1C)-c1c(cc(C)c(C)c1C)[C@]1(C)OC(c3cc(Oc4ccc5c(c4)N(c4cc(C(C)(C)C)ccn4)c4ccccc4C5(C)C)cc(C(C)C)c3)=N[C@H]21. The molecule has 60 heavy (non-hydrogen) atoms. The lowest BCUT2D eigenvalue weighted by Gasteiger charge is -2.41. The van der Waals surface area contributed by atoms with Crippen molar-refractivity contribution in [3.05, 3.63) is 163 Å². The predicted molar refractivity (Wildman–Crippen MR) is 248 cm³/mol. The molecule has 306 valence electrons. The number of nitrogens with zero attached hydrogens (tertiary/aromatic N) is 3. The Kier molecular flexibility index (Phi) is 9.06. The normalized spacial score (nSPS) is 18.6. The van der Waals surface area contributed by atoms with Gasteiger partial charge in [-0.05, 0) is 175 Å². The molecule has 0 fully saturated rings. The van der Waals surface area contributed by atoms with E-state index in [0.717, 1.165) is 39.8 Å². The number of benzene rings is 5. The number of anilines is 3. The fraction of sp³-hybridized carbons (Fsp3) is 0.345. The molecule has 0 spiro atoms. The van der Waals surface area contributed by atoms with E-state index in [9.17, 15) is 0 Å². The number of ether oxygens (including phenoxy) is 2. The smallest absolute Gasteiger partial charge is 0.217 e. The second-order valence-electron chi connectivity index (χ2n) is 19.7. The first-order valence-electron chi connectivity index (χ1n) is 21.6. The van der Waals surface area contributed by atoms with E-state index in [2.05, 4.69) is 187 Å². The number of aliphatic imine (C=N–C) groups is 1. The molecule has 0 N–H and O–H groups in total. The molecule has 0 saturated heterocycles. The zero-order valence-electron chi connectivity index (χ0n) is 38.0. The molecule has 0 saturated carbocycles. The Hall–Kier alpha value is -5.68. The van der Waals surface area contributed by atoms with Gasteiger partial charge in [0.1, 0.15) is 23.4 Å². The molecule has 3 heterocycles. The first kappa shape index (κ1) is 39.8. The summed E-state index contributed by atoms with van der Waals surface area (Å²) in [6.45, 7) is 31.5. The van der Waals surface area contributed by atoms with Gasteiger partial charge in [-0.2, -0.15) is 0 Å². The number of hydrogen-bond acceptors (Lipinski definition) is 5. The van der Waals surface area contributed by atoms with Crippen LogP contribution in [0.1, 0.15) is 140 Å². The van der Waals surface area contributed by atoms with Gasteiger partial charge in [0, 0.05) is 28.8 Å². The highest BCUT2D eigenvalue weighted by molar-refractivity contribution is 5.98. The summed E-state index contributed by atoms with van der Waals surface area (Å²) in [4.78, 5) is 12.8. The molecular formula is C55H59N3O2. The van der Waals surface area contributed by atoms with Crippen LogP contribution in [0.3, 0.4) is 0 Å². The summed E-state index contributed by atoms with van der Waals surface area (Å²) in [5.41, 5.74) is 20.0. The maximum absolute atomic E-state index is 7.23. The standard InChI is InChI=1S/C55H59N3O2/c1-30(2)37-25-38(52-57-51-42-23-31(3)33(5)35(7)49(42)50-36(8)34(6)32(4)24-45(50)55(51,14)60-52)27-41(26-37)59-40-19-20-44-47(29-40)58(46-18-16-15-17-43(46)54(44,12)13)48-28-39(21-22-56-48)53(9,10)11/h15-30,51H,1-14H3/t51-,55+/m1/s1. The van der Waals surface area contributed by atoms with Crippen LogP contribution in [0.2, 0.25) is 0 Å². The van der Waals surface area contributed by atoms with E-state index in [1.807, 2.05) is 6.20 Å². The third-order valence-corrected chi connectivity index (χ3v) is 14.1. The van der Waals surface area contributed by atoms with Gasteiger partial charge in [-0.3, -0.25) is 4.90 Å². The molecule has 0 amide bonds. The van der Waals surface area contributed by atoms with E-state index in [1.165, 1.54) is 72.3 Å². The van der Waals surface area contributed by atoms with Crippen LogP contribution in [0.4, 0.5) is 17.2 Å². The van der Waals surface area contributed by atoms with Gasteiger partial charge in [-0.25, -0.2) is 9.98 Å². The minimum Gasteiger partial charge on any atom is -0.464 e. The van der Waals surface area contributed by atoms with Crippen LogP contribution in [0.5, 0.6) is 11.5 Å². The quantitative estimate of drug-likeness (QED) is 0.174. The lowest BCUT2D eigenvalue weighted by atomic mass is 9.69. The Morgan fingerprint density at radius 3 is 2.08 bits per heavy atom. The van der Waals surface area contributed by atoms with Crippen molar-refractivity contribution in [3.63, 3.8) is 0 Å². The Morgan fingerprint density at radius 2 is 1.37 bits per heavy atom. The Bertz CT molecular complexity index is 2800. The van der Waals surface area contributed by atoms with Crippen LogP contribution in [-0.2, 0) is 21.2 Å². The summed E-state index contributed by atoms with van der Waals surface area (Å²) in [6, 6.07) is 30.6. The van der Waals surface area contributed by atoms with Crippen LogP contribution >= 0.6 is 0 Å². The number of aryl methyl sites for hydroxylation is 2. The maximum atomic E-state index is 7.23. The largest absolute Gasteiger partial charge is 0.464 e. The van der Waals surface area contributed by atoms with Gasteiger partial charge < -0.3 is 9.47 Å². The van der Waals surface area contributed by atoms with Gasteiger partial charge in [0.15, 0.2) is 5.60 Å². The maximum Gasteiger partial charge on any atom is 0.217 e. The van der Waals surface area contributed by atoms with Gasteiger partial charge in [-0.1, -0.05) is 84.9 Å². The van der Waals surface area contributed by atoms with Crippen molar-refractivity contribution in [2.24, 2.45) is 4.99 Å².